The van der Waals surface area contributed by atoms with E-state index in [0.29, 0.717) is 17.0 Å². The van der Waals surface area contributed by atoms with Gasteiger partial charge in [-0.2, -0.15) is 0 Å². The third-order valence-corrected chi connectivity index (χ3v) is 5.22. The summed E-state index contributed by atoms with van der Waals surface area (Å²) < 4.78 is 0. The topological polar surface area (TPSA) is 58.2 Å². The molecule has 2 atom stereocenters. The quantitative estimate of drug-likeness (QED) is 0.877. The van der Waals surface area contributed by atoms with E-state index in [0.717, 1.165) is 25.7 Å². The summed E-state index contributed by atoms with van der Waals surface area (Å²) in [6, 6.07) is 4.99. The summed E-state index contributed by atoms with van der Waals surface area (Å²) >= 11 is 12.1. The fourth-order valence-corrected chi connectivity index (χ4v) is 3.75. The molecular formula is C15H16Cl2N2O2. The molecule has 3 rings (SSSR count). The number of carbonyl (C=O) groups excluding carboxylic acids is 2. The van der Waals surface area contributed by atoms with Gasteiger partial charge in [0.2, 0.25) is 5.91 Å². The van der Waals surface area contributed by atoms with Crippen molar-refractivity contribution in [3.8, 4) is 0 Å². The summed E-state index contributed by atoms with van der Waals surface area (Å²) in [6.07, 6.45) is 4.12. The smallest absolute Gasteiger partial charge is 0.253 e. The Morgan fingerprint density at radius 2 is 2.14 bits per heavy atom. The Morgan fingerprint density at radius 3 is 2.95 bits per heavy atom. The largest absolute Gasteiger partial charge is 0.351 e. The van der Waals surface area contributed by atoms with Crippen molar-refractivity contribution < 1.29 is 9.59 Å². The number of carbonyl (C=O) groups is 2. The van der Waals surface area contributed by atoms with Crippen LogP contribution in [0.2, 0.25) is 10.0 Å². The van der Waals surface area contributed by atoms with Gasteiger partial charge in [0.1, 0.15) is 0 Å². The summed E-state index contributed by atoms with van der Waals surface area (Å²) in [5, 5.41) is 6.61. The van der Waals surface area contributed by atoms with E-state index in [1.54, 1.807) is 18.2 Å². The van der Waals surface area contributed by atoms with Crippen LogP contribution in [0.15, 0.2) is 18.2 Å². The van der Waals surface area contributed by atoms with Crippen molar-refractivity contribution in [2.45, 2.75) is 43.7 Å². The zero-order valence-electron chi connectivity index (χ0n) is 11.4. The Kier molecular flexibility index (Phi) is 3.84. The third kappa shape index (κ3) is 2.62. The molecule has 1 heterocycles. The van der Waals surface area contributed by atoms with Crippen molar-refractivity contribution in [3.63, 3.8) is 0 Å². The zero-order chi connectivity index (χ0) is 15.0. The molecule has 1 aromatic carbocycles. The Hall–Kier alpha value is -1.26. The lowest BCUT2D eigenvalue weighted by Crippen LogP contribution is -2.57. The number of benzene rings is 1. The van der Waals surface area contributed by atoms with Gasteiger partial charge >= 0.3 is 0 Å². The van der Waals surface area contributed by atoms with Crippen LogP contribution in [-0.4, -0.2) is 23.4 Å². The van der Waals surface area contributed by atoms with Gasteiger partial charge in [0, 0.05) is 0 Å². The fourth-order valence-electron chi connectivity index (χ4n) is 3.36. The van der Waals surface area contributed by atoms with E-state index >= 15 is 0 Å². The molecule has 6 heteroatoms. The van der Waals surface area contributed by atoms with E-state index in [2.05, 4.69) is 10.6 Å². The first-order chi connectivity index (χ1) is 10.0. The number of hydrogen-bond donors (Lipinski definition) is 2. The van der Waals surface area contributed by atoms with Crippen LogP contribution in [0.4, 0.5) is 0 Å². The van der Waals surface area contributed by atoms with Gasteiger partial charge in [-0.05, 0) is 25.0 Å². The normalized spacial score (nSPS) is 27.9. The molecule has 2 N–H and O–H groups in total. The Morgan fingerprint density at radius 1 is 1.33 bits per heavy atom. The van der Waals surface area contributed by atoms with Crippen LogP contribution >= 0.6 is 23.2 Å². The number of hydrogen-bond acceptors (Lipinski definition) is 2. The van der Waals surface area contributed by atoms with Crippen LogP contribution < -0.4 is 10.6 Å². The first-order valence-electron chi connectivity index (χ1n) is 7.08. The lowest BCUT2D eigenvalue weighted by Gasteiger charge is -2.38. The third-order valence-electron chi connectivity index (χ3n) is 4.40. The van der Waals surface area contributed by atoms with Crippen LogP contribution in [0.5, 0.6) is 0 Å². The van der Waals surface area contributed by atoms with Gasteiger partial charge in [-0.25, -0.2) is 0 Å². The molecular weight excluding hydrogens is 311 g/mol. The Balaban J connectivity index is 1.86. The van der Waals surface area contributed by atoms with Crippen molar-refractivity contribution in [2.75, 3.05) is 0 Å². The van der Waals surface area contributed by atoms with Crippen LogP contribution in [0, 0.1) is 0 Å². The van der Waals surface area contributed by atoms with Crippen molar-refractivity contribution in [1.29, 1.82) is 0 Å². The number of fused-ring (bicyclic) bond motifs is 1. The monoisotopic (exact) mass is 326 g/mol. The van der Waals surface area contributed by atoms with E-state index in [1.807, 2.05) is 0 Å². The highest BCUT2D eigenvalue weighted by atomic mass is 35.5. The number of nitrogens with one attached hydrogen (secondary N) is 2. The highest BCUT2D eigenvalue weighted by Gasteiger charge is 2.49. The molecule has 2 fully saturated rings. The Labute approximate surface area is 133 Å². The highest BCUT2D eigenvalue weighted by Crippen LogP contribution is 2.36. The maximum atomic E-state index is 12.5. The average Bonchev–Trinajstić information content (AvgIpc) is 2.77. The second-order valence-corrected chi connectivity index (χ2v) is 6.54. The van der Waals surface area contributed by atoms with Crippen molar-refractivity contribution in [2.24, 2.45) is 0 Å². The van der Waals surface area contributed by atoms with Gasteiger partial charge < -0.3 is 10.6 Å². The highest BCUT2D eigenvalue weighted by molar-refractivity contribution is 6.43. The minimum absolute atomic E-state index is 0.000564. The fraction of sp³-hybridized carbons (Fsp3) is 0.467. The molecule has 2 amide bonds. The first kappa shape index (κ1) is 14.7. The summed E-state index contributed by atoms with van der Waals surface area (Å²) in [5.41, 5.74) is -0.139. The van der Waals surface area contributed by atoms with E-state index in [9.17, 15) is 9.59 Å². The van der Waals surface area contributed by atoms with Gasteiger partial charge in [0.15, 0.2) is 0 Å². The molecule has 0 spiro atoms. The van der Waals surface area contributed by atoms with E-state index < -0.39 is 5.54 Å². The summed E-state index contributed by atoms with van der Waals surface area (Å²) in [4.78, 5) is 24.3. The van der Waals surface area contributed by atoms with Crippen molar-refractivity contribution in [1.82, 2.24) is 10.6 Å². The number of halogens is 2. The van der Waals surface area contributed by atoms with Gasteiger partial charge in [0.05, 0.1) is 33.6 Å². The molecule has 4 nitrogen and oxygen atoms in total. The molecule has 0 radical (unpaired) electrons. The predicted octanol–water partition coefficient (Wildman–Crippen LogP) is 2.92. The Bertz CT molecular complexity index is 605. The molecule has 1 aliphatic carbocycles. The molecule has 1 aromatic rings. The molecule has 1 saturated heterocycles. The lowest BCUT2D eigenvalue weighted by molar-refractivity contribution is -0.119. The van der Waals surface area contributed by atoms with Gasteiger partial charge in [0.25, 0.3) is 5.91 Å². The molecule has 112 valence electrons. The van der Waals surface area contributed by atoms with Crippen LogP contribution in [-0.2, 0) is 4.79 Å². The molecule has 1 aliphatic heterocycles. The van der Waals surface area contributed by atoms with Gasteiger partial charge in [-0.15, -0.1) is 0 Å². The van der Waals surface area contributed by atoms with E-state index in [1.165, 1.54) is 0 Å². The second kappa shape index (κ2) is 5.50. The first-order valence-corrected chi connectivity index (χ1v) is 7.83. The molecule has 21 heavy (non-hydrogen) atoms. The van der Waals surface area contributed by atoms with Crippen LogP contribution in [0.1, 0.15) is 42.5 Å². The molecule has 0 unspecified atom stereocenters. The van der Waals surface area contributed by atoms with E-state index in [4.69, 9.17) is 23.2 Å². The van der Waals surface area contributed by atoms with Gasteiger partial charge in [-0.1, -0.05) is 42.1 Å². The summed E-state index contributed by atoms with van der Waals surface area (Å²) in [5.74, 6) is -0.273. The summed E-state index contributed by atoms with van der Waals surface area (Å²) in [7, 11) is 0. The van der Waals surface area contributed by atoms with Crippen molar-refractivity contribution >= 4 is 35.0 Å². The van der Waals surface area contributed by atoms with Crippen molar-refractivity contribution in [3.05, 3.63) is 33.8 Å². The SMILES string of the molecule is O=C1C[C@]2(NC(=O)c3cccc(Cl)c3Cl)CCCC[C@@H]2N1. The molecule has 1 saturated carbocycles. The minimum atomic E-state index is -0.488. The number of rotatable bonds is 2. The van der Waals surface area contributed by atoms with E-state index in [-0.39, 0.29) is 22.9 Å². The van der Waals surface area contributed by atoms with Crippen LogP contribution in [0.25, 0.3) is 0 Å². The minimum Gasteiger partial charge on any atom is -0.351 e. The number of amides is 2. The zero-order valence-corrected chi connectivity index (χ0v) is 12.9. The van der Waals surface area contributed by atoms with Crippen LogP contribution in [0.3, 0.4) is 0 Å². The second-order valence-electron chi connectivity index (χ2n) is 5.75. The predicted molar refractivity (Wildman–Crippen MR) is 81.7 cm³/mol. The average molecular weight is 327 g/mol. The molecule has 0 bridgehead atoms. The lowest BCUT2D eigenvalue weighted by atomic mass is 9.77. The molecule has 0 aromatic heterocycles. The summed E-state index contributed by atoms with van der Waals surface area (Å²) in [6.45, 7) is 0. The standard InChI is InChI=1S/C15H16Cl2N2O2/c16-10-5-3-4-9(13(10)17)14(21)19-15-7-2-1-6-11(15)18-12(20)8-15/h3-5,11H,1-2,6-8H2,(H,18,20)(H,19,21)/t11-,15+/m0/s1. The van der Waals surface area contributed by atoms with Gasteiger partial charge in [-0.3, -0.25) is 9.59 Å². The maximum Gasteiger partial charge on any atom is 0.253 e. The maximum absolute atomic E-state index is 12.5. The molecule has 2 aliphatic rings.